The van der Waals surface area contributed by atoms with Gasteiger partial charge in [-0.1, -0.05) is 37.6 Å². The molecule has 0 aliphatic heterocycles. The quantitative estimate of drug-likeness (QED) is 0.309. The SMILES string of the molecule is CCCCN(CC(=O)OC(C)(C)C)c1ccc2cc(-c3nc4ccccc4o3)ccc2c1. The highest BCUT2D eigenvalue weighted by atomic mass is 16.6. The first kappa shape index (κ1) is 21.9. The van der Waals surface area contributed by atoms with E-state index in [-0.39, 0.29) is 12.5 Å². The number of anilines is 1. The second-order valence-electron chi connectivity index (χ2n) is 9.09. The number of hydrogen-bond acceptors (Lipinski definition) is 5. The Bertz CT molecular complexity index is 1200. The lowest BCUT2D eigenvalue weighted by atomic mass is 10.1. The summed E-state index contributed by atoms with van der Waals surface area (Å²) in [5, 5.41) is 2.20. The summed E-state index contributed by atoms with van der Waals surface area (Å²) in [5.41, 5.74) is 3.11. The largest absolute Gasteiger partial charge is 0.459 e. The van der Waals surface area contributed by atoms with Crippen LogP contribution in [-0.2, 0) is 9.53 Å². The Morgan fingerprint density at radius 3 is 2.53 bits per heavy atom. The van der Waals surface area contributed by atoms with E-state index in [0.29, 0.717) is 5.89 Å². The maximum Gasteiger partial charge on any atom is 0.326 e. The molecule has 0 saturated heterocycles. The van der Waals surface area contributed by atoms with Crippen LogP contribution in [0.5, 0.6) is 0 Å². The Hall–Kier alpha value is -3.34. The maximum atomic E-state index is 12.5. The number of carbonyl (C=O) groups is 1. The van der Waals surface area contributed by atoms with Crippen LogP contribution in [0, 0.1) is 0 Å². The van der Waals surface area contributed by atoms with Gasteiger partial charge in [0.1, 0.15) is 17.7 Å². The first-order valence-electron chi connectivity index (χ1n) is 11.2. The van der Waals surface area contributed by atoms with Gasteiger partial charge in [-0.15, -0.1) is 0 Å². The number of esters is 1. The van der Waals surface area contributed by atoms with E-state index in [1.165, 1.54) is 0 Å². The van der Waals surface area contributed by atoms with Crippen molar-refractivity contribution in [3.63, 3.8) is 0 Å². The Labute approximate surface area is 189 Å². The summed E-state index contributed by atoms with van der Waals surface area (Å²) >= 11 is 0. The number of ether oxygens (including phenoxy) is 1. The van der Waals surface area contributed by atoms with Gasteiger partial charge in [-0.25, -0.2) is 4.98 Å². The monoisotopic (exact) mass is 430 g/mol. The summed E-state index contributed by atoms with van der Waals surface area (Å²) in [6.07, 6.45) is 2.07. The molecule has 0 saturated carbocycles. The molecule has 0 amide bonds. The summed E-state index contributed by atoms with van der Waals surface area (Å²) in [6, 6.07) is 20.3. The zero-order valence-corrected chi connectivity index (χ0v) is 19.2. The maximum absolute atomic E-state index is 12.5. The molecule has 0 unspecified atom stereocenters. The van der Waals surface area contributed by atoms with Crippen molar-refractivity contribution in [1.82, 2.24) is 4.98 Å². The molecule has 0 aliphatic carbocycles. The third-order valence-electron chi connectivity index (χ3n) is 5.25. The molecule has 4 aromatic rings. The molecule has 3 aromatic carbocycles. The molecule has 0 radical (unpaired) electrons. The Morgan fingerprint density at radius 2 is 1.78 bits per heavy atom. The number of rotatable bonds is 7. The number of aromatic nitrogens is 1. The molecular formula is C27H30N2O3. The fourth-order valence-corrected chi connectivity index (χ4v) is 3.74. The molecule has 0 spiro atoms. The van der Waals surface area contributed by atoms with Crippen LogP contribution in [0.15, 0.2) is 65.1 Å². The molecule has 166 valence electrons. The van der Waals surface area contributed by atoms with E-state index in [9.17, 15) is 4.79 Å². The zero-order valence-electron chi connectivity index (χ0n) is 19.2. The molecule has 32 heavy (non-hydrogen) atoms. The van der Waals surface area contributed by atoms with Crippen molar-refractivity contribution in [1.29, 1.82) is 0 Å². The number of hydrogen-bond donors (Lipinski definition) is 0. The molecule has 5 nitrogen and oxygen atoms in total. The molecule has 0 aliphatic rings. The molecule has 0 atom stereocenters. The second-order valence-corrected chi connectivity index (χ2v) is 9.09. The average molecular weight is 431 g/mol. The topological polar surface area (TPSA) is 55.6 Å². The number of fused-ring (bicyclic) bond motifs is 2. The number of oxazole rings is 1. The van der Waals surface area contributed by atoms with Crippen molar-refractivity contribution >= 4 is 33.5 Å². The minimum atomic E-state index is -0.488. The minimum Gasteiger partial charge on any atom is -0.459 e. The predicted octanol–water partition coefficient (Wildman–Crippen LogP) is 6.60. The van der Waals surface area contributed by atoms with Gasteiger partial charge in [0.05, 0.1) is 0 Å². The van der Waals surface area contributed by atoms with E-state index in [0.717, 1.165) is 52.5 Å². The van der Waals surface area contributed by atoms with Crippen LogP contribution in [0.3, 0.4) is 0 Å². The molecule has 5 heteroatoms. The fourth-order valence-electron chi connectivity index (χ4n) is 3.74. The highest BCUT2D eigenvalue weighted by Gasteiger charge is 2.19. The molecular weight excluding hydrogens is 400 g/mol. The summed E-state index contributed by atoms with van der Waals surface area (Å²) in [7, 11) is 0. The predicted molar refractivity (Wildman–Crippen MR) is 130 cm³/mol. The minimum absolute atomic E-state index is 0.208. The van der Waals surface area contributed by atoms with E-state index in [1.54, 1.807) is 0 Å². The fraction of sp³-hybridized carbons (Fsp3) is 0.333. The van der Waals surface area contributed by atoms with Crippen LogP contribution in [0.1, 0.15) is 40.5 Å². The van der Waals surface area contributed by atoms with Crippen molar-refractivity contribution in [2.45, 2.75) is 46.1 Å². The molecule has 1 aromatic heterocycles. The number of benzene rings is 3. The van der Waals surface area contributed by atoms with E-state index in [1.807, 2.05) is 51.1 Å². The lowest BCUT2D eigenvalue weighted by Gasteiger charge is -2.27. The summed E-state index contributed by atoms with van der Waals surface area (Å²) in [4.78, 5) is 19.2. The van der Waals surface area contributed by atoms with E-state index >= 15 is 0 Å². The Morgan fingerprint density at radius 1 is 1.03 bits per heavy atom. The van der Waals surface area contributed by atoms with Crippen LogP contribution in [0.2, 0.25) is 0 Å². The number of para-hydroxylation sites is 2. The van der Waals surface area contributed by atoms with Crippen molar-refractivity contribution in [3.05, 3.63) is 60.7 Å². The smallest absolute Gasteiger partial charge is 0.326 e. The summed E-state index contributed by atoms with van der Waals surface area (Å²) < 4.78 is 11.5. The molecule has 0 fully saturated rings. The van der Waals surface area contributed by atoms with E-state index < -0.39 is 5.60 Å². The van der Waals surface area contributed by atoms with E-state index in [2.05, 4.69) is 47.1 Å². The van der Waals surface area contributed by atoms with Crippen molar-refractivity contribution in [3.8, 4) is 11.5 Å². The van der Waals surface area contributed by atoms with Crippen LogP contribution >= 0.6 is 0 Å². The molecule has 4 rings (SSSR count). The standard InChI is InChI=1S/C27H30N2O3/c1-5-6-15-29(18-25(30)32-27(2,3)4)22-14-13-19-16-21(12-11-20(19)17-22)26-28-23-9-7-8-10-24(23)31-26/h7-14,16-17H,5-6,15,18H2,1-4H3. The van der Waals surface area contributed by atoms with Crippen molar-refractivity contribution in [2.24, 2.45) is 0 Å². The first-order chi connectivity index (χ1) is 15.3. The van der Waals surface area contributed by atoms with Gasteiger partial charge >= 0.3 is 5.97 Å². The molecule has 1 heterocycles. The second kappa shape index (κ2) is 9.03. The average Bonchev–Trinajstić information content (AvgIpc) is 3.19. The van der Waals surface area contributed by atoms with Gasteiger partial charge in [-0.05, 0) is 74.4 Å². The lowest BCUT2D eigenvalue weighted by molar-refractivity contribution is -0.153. The third kappa shape index (κ3) is 5.10. The zero-order chi connectivity index (χ0) is 22.7. The Balaban J connectivity index is 1.60. The normalized spacial score (nSPS) is 11.8. The van der Waals surface area contributed by atoms with Gasteiger partial charge in [-0.2, -0.15) is 0 Å². The van der Waals surface area contributed by atoms with Gasteiger partial charge in [-0.3, -0.25) is 4.79 Å². The van der Waals surface area contributed by atoms with Gasteiger partial charge in [0.2, 0.25) is 5.89 Å². The van der Waals surface area contributed by atoms with E-state index in [4.69, 9.17) is 9.15 Å². The lowest BCUT2D eigenvalue weighted by Crippen LogP contribution is -2.35. The van der Waals surface area contributed by atoms with Crippen molar-refractivity contribution < 1.29 is 13.9 Å². The van der Waals surface area contributed by atoms with Crippen LogP contribution in [-0.4, -0.2) is 29.6 Å². The summed E-state index contributed by atoms with van der Waals surface area (Å²) in [5.74, 6) is 0.409. The highest BCUT2D eigenvalue weighted by Crippen LogP contribution is 2.29. The first-order valence-corrected chi connectivity index (χ1v) is 11.2. The number of unbranched alkanes of at least 4 members (excludes halogenated alkanes) is 1. The Kier molecular flexibility index (Phi) is 6.17. The van der Waals surface area contributed by atoms with Crippen LogP contribution < -0.4 is 4.90 Å². The van der Waals surface area contributed by atoms with Gasteiger partial charge in [0.15, 0.2) is 5.58 Å². The summed E-state index contributed by atoms with van der Waals surface area (Å²) in [6.45, 7) is 8.88. The molecule has 0 bridgehead atoms. The van der Waals surface area contributed by atoms with Crippen LogP contribution in [0.25, 0.3) is 33.3 Å². The van der Waals surface area contributed by atoms with Gasteiger partial charge < -0.3 is 14.1 Å². The van der Waals surface area contributed by atoms with Gasteiger partial charge in [0, 0.05) is 17.8 Å². The third-order valence-corrected chi connectivity index (χ3v) is 5.25. The number of nitrogens with zero attached hydrogens (tertiary/aromatic N) is 2. The van der Waals surface area contributed by atoms with Crippen LogP contribution in [0.4, 0.5) is 5.69 Å². The van der Waals surface area contributed by atoms with Gasteiger partial charge in [0.25, 0.3) is 0 Å². The molecule has 0 N–H and O–H groups in total. The van der Waals surface area contributed by atoms with Crippen molar-refractivity contribution in [2.75, 3.05) is 18.0 Å². The highest BCUT2D eigenvalue weighted by molar-refractivity contribution is 5.90. The number of carbonyl (C=O) groups excluding carboxylic acids is 1.